The van der Waals surface area contributed by atoms with Gasteiger partial charge in [-0.15, -0.1) is 6.42 Å². The molecular formula is C16H20O6. The molecule has 1 aromatic rings. The molecule has 1 aromatic carbocycles. The Hall–Kier alpha value is -1.46. The van der Waals surface area contributed by atoms with Crippen molar-refractivity contribution in [3.8, 4) is 12.3 Å². The van der Waals surface area contributed by atoms with Crippen LogP contribution in [0.5, 0.6) is 0 Å². The average molecular weight is 308 g/mol. The normalized spacial score (nSPS) is 31.7. The number of aliphatic hydroxyl groups is 4. The minimum absolute atomic E-state index is 0.248. The van der Waals surface area contributed by atoms with Crippen LogP contribution in [0.2, 0.25) is 0 Å². The second-order valence-corrected chi connectivity index (χ2v) is 5.16. The van der Waals surface area contributed by atoms with Gasteiger partial charge in [0.2, 0.25) is 0 Å². The number of rotatable bonds is 5. The Balaban J connectivity index is 1.86. The van der Waals surface area contributed by atoms with Gasteiger partial charge >= 0.3 is 0 Å². The third kappa shape index (κ3) is 3.84. The average Bonchev–Trinajstić information content (AvgIpc) is 2.55. The molecule has 1 aliphatic rings. The zero-order valence-electron chi connectivity index (χ0n) is 12.0. The van der Waals surface area contributed by atoms with E-state index < -0.39 is 37.3 Å². The Kier molecular flexibility index (Phi) is 5.91. The number of benzene rings is 1. The van der Waals surface area contributed by atoms with Gasteiger partial charge in [0.1, 0.15) is 24.4 Å². The summed E-state index contributed by atoms with van der Waals surface area (Å²) in [4.78, 5) is 0. The van der Waals surface area contributed by atoms with E-state index in [1.54, 1.807) is 0 Å². The smallest absolute Gasteiger partial charge is 0.186 e. The van der Waals surface area contributed by atoms with E-state index in [0.29, 0.717) is 6.42 Å². The van der Waals surface area contributed by atoms with Gasteiger partial charge in [0.05, 0.1) is 13.2 Å². The molecule has 6 heteroatoms. The number of hydrogen-bond acceptors (Lipinski definition) is 6. The molecule has 0 saturated carbocycles. The number of aliphatic hydroxyl groups excluding tert-OH is 4. The summed E-state index contributed by atoms with van der Waals surface area (Å²) in [6.07, 6.45) is -0.385. The van der Waals surface area contributed by atoms with Gasteiger partial charge in [-0.3, -0.25) is 0 Å². The summed E-state index contributed by atoms with van der Waals surface area (Å²) < 4.78 is 10.7. The van der Waals surface area contributed by atoms with Crippen LogP contribution >= 0.6 is 0 Å². The van der Waals surface area contributed by atoms with Gasteiger partial charge in [-0.1, -0.05) is 18.1 Å². The molecule has 0 unspecified atom stereocenters. The van der Waals surface area contributed by atoms with Crippen molar-refractivity contribution in [1.29, 1.82) is 0 Å². The van der Waals surface area contributed by atoms with Gasteiger partial charge in [-0.05, 0) is 24.1 Å². The first-order valence-corrected chi connectivity index (χ1v) is 7.04. The van der Waals surface area contributed by atoms with Gasteiger partial charge < -0.3 is 29.9 Å². The third-order valence-corrected chi connectivity index (χ3v) is 3.64. The highest BCUT2D eigenvalue weighted by molar-refractivity contribution is 5.34. The summed E-state index contributed by atoms with van der Waals surface area (Å²) in [6, 6.07) is 7.41. The number of hydrogen-bond donors (Lipinski definition) is 4. The molecule has 22 heavy (non-hydrogen) atoms. The number of ether oxygens (including phenoxy) is 2. The monoisotopic (exact) mass is 308 g/mol. The van der Waals surface area contributed by atoms with Crippen LogP contribution in [0.1, 0.15) is 11.1 Å². The lowest BCUT2D eigenvalue weighted by Gasteiger charge is -2.39. The van der Waals surface area contributed by atoms with E-state index in [1.807, 2.05) is 24.3 Å². The molecule has 1 heterocycles. The van der Waals surface area contributed by atoms with Crippen LogP contribution in [0.25, 0.3) is 0 Å². The minimum Gasteiger partial charge on any atom is -0.394 e. The summed E-state index contributed by atoms with van der Waals surface area (Å²) in [6.45, 7) is -0.226. The maximum Gasteiger partial charge on any atom is 0.186 e. The van der Waals surface area contributed by atoms with Crippen LogP contribution < -0.4 is 0 Å². The Bertz CT molecular complexity index is 506. The fourth-order valence-corrected chi connectivity index (χ4v) is 2.27. The van der Waals surface area contributed by atoms with Crippen molar-refractivity contribution >= 4 is 0 Å². The highest BCUT2D eigenvalue weighted by atomic mass is 16.7. The number of terminal acetylenes is 1. The Morgan fingerprint density at radius 2 is 1.77 bits per heavy atom. The molecule has 0 bridgehead atoms. The van der Waals surface area contributed by atoms with Crippen molar-refractivity contribution in [3.05, 3.63) is 35.4 Å². The predicted molar refractivity (Wildman–Crippen MR) is 77.8 cm³/mol. The Morgan fingerprint density at radius 3 is 2.36 bits per heavy atom. The summed E-state index contributed by atoms with van der Waals surface area (Å²) in [5.74, 6) is 2.53. The molecule has 0 aromatic heterocycles. The van der Waals surface area contributed by atoms with Crippen LogP contribution in [-0.4, -0.2) is 64.3 Å². The Labute approximate surface area is 128 Å². The van der Waals surface area contributed by atoms with E-state index in [1.165, 1.54) is 0 Å². The van der Waals surface area contributed by atoms with Gasteiger partial charge in [0.25, 0.3) is 0 Å². The lowest BCUT2D eigenvalue weighted by Crippen LogP contribution is -2.59. The van der Waals surface area contributed by atoms with E-state index >= 15 is 0 Å². The van der Waals surface area contributed by atoms with Gasteiger partial charge in [0.15, 0.2) is 6.29 Å². The molecule has 0 radical (unpaired) electrons. The van der Waals surface area contributed by atoms with Crippen LogP contribution in [0.15, 0.2) is 24.3 Å². The molecule has 1 saturated heterocycles. The third-order valence-electron chi connectivity index (χ3n) is 3.64. The fourth-order valence-electron chi connectivity index (χ4n) is 2.27. The molecule has 6 nitrogen and oxygen atoms in total. The lowest BCUT2D eigenvalue weighted by molar-refractivity contribution is -0.300. The van der Waals surface area contributed by atoms with Crippen LogP contribution in [0, 0.1) is 12.3 Å². The maximum absolute atomic E-state index is 9.82. The van der Waals surface area contributed by atoms with Crippen molar-refractivity contribution in [2.75, 3.05) is 13.2 Å². The molecule has 2 rings (SSSR count). The first-order chi connectivity index (χ1) is 10.6. The van der Waals surface area contributed by atoms with Crippen LogP contribution in [0.4, 0.5) is 0 Å². The maximum atomic E-state index is 9.82. The summed E-state index contributed by atoms with van der Waals surface area (Å²) >= 11 is 0. The zero-order chi connectivity index (χ0) is 16.1. The van der Waals surface area contributed by atoms with Crippen molar-refractivity contribution < 1.29 is 29.9 Å². The summed E-state index contributed by atoms with van der Waals surface area (Å²) in [5, 5.41) is 38.2. The second kappa shape index (κ2) is 7.70. The molecule has 1 aliphatic heterocycles. The highest BCUT2D eigenvalue weighted by Crippen LogP contribution is 2.22. The fraction of sp³-hybridized carbons (Fsp3) is 0.500. The lowest BCUT2D eigenvalue weighted by atomic mass is 9.99. The zero-order valence-corrected chi connectivity index (χ0v) is 12.0. The van der Waals surface area contributed by atoms with E-state index in [0.717, 1.165) is 11.1 Å². The van der Waals surface area contributed by atoms with Crippen molar-refractivity contribution in [2.24, 2.45) is 0 Å². The largest absolute Gasteiger partial charge is 0.394 e. The predicted octanol–water partition coefficient (Wildman–Crippen LogP) is -0.973. The van der Waals surface area contributed by atoms with Crippen molar-refractivity contribution in [3.63, 3.8) is 0 Å². The molecule has 5 atom stereocenters. The van der Waals surface area contributed by atoms with E-state index in [9.17, 15) is 15.3 Å². The standard InChI is InChI=1S/C16H20O6/c1-2-10-3-5-11(6-4-10)7-8-21-16-15(20)14(19)13(18)12(9-17)22-16/h1,3-6,12-20H,7-9H2/t12-,13-,14+,15-,16-/m1/s1. The van der Waals surface area contributed by atoms with Crippen molar-refractivity contribution in [1.82, 2.24) is 0 Å². The highest BCUT2D eigenvalue weighted by Gasteiger charge is 2.43. The van der Waals surface area contributed by atoms with Crippen molar-refractivity contribution in [2.45, 2.75) is 37.1 Å². The molecular weight excluding hydrogens is 288 g/mol. The van der Waals surface area contributed by atoms with Gasteiger partial charge in [-0.2, -0.15) is 0 Å². The summed E-state index contributed by atoms with van der Waals surface area (Å²) in [7, 11) is 0. The topological polar surface area (TPSA) is 99.4 Å². The van der Waals surface area contributed by atoms with Crippen LogP contribution in [-0.2, 0) is 15.9 Å². The first-order valence-electron chi connectivity index (χ1n) is 7.04. The van der Waals surface area contributed by atoms with Gasteiger partial charge in [0, 0.05) is 5.56 Å². The van der Waals surface area contributed by atoms with E-state index in [2.05, 4.69) is 5.92 Å². The Morgan fingerprint density at radius 1 is 1.09 bits per heavy atom. The van der Waals surface area contributed by atoms with Gasteiger partial charge in [-0.25, -0.2) is 0 Å². The molecule has 1 fully saturated rings. The van der Waals surface area contributed by atoms with E-state index in [4.69, 9.17) is 21.0 Å². The molecule has 0 amide bonds. The quantitative estimate of drug-likeness (QED) is 0.522. The van der Waals surface area contributed by atoms with Crippen LogP contribution in [0.3, 0.4) is 0 Å². The SMILES string of the molecule is C#Cc1ccc(CCO[C@@H]2O[C@H](CO)[C@@H](O)[C@H](O)[C@H]2O)cc1. The molecule has 0 spiro atoms. The first kappa shape index (κ1) is 16.9. The minimum atomic E-state index is -1.43. The van der Waals surface area contributed by atoms with E-state index in [-0.39, 0.29) is 6.61 Å². The molecule has 120 valence electrons. The summed E-state index contributed by atoms with van der Waals surface area (Å²) in [5.41, 5.74) is 1.79. The molecule has 0 aliphatic carbocycles. The molecule has 4 N–H and O–H groups in total. The second-order valence-electron chi connectivity index (χ2n) is 5.16.